The van der Waals surface area contributed by atoms with Gasteiger partial charge < -0.3 is 15.1 Å². The minimum atomic E-state index is -0.284. The van der Waals surface area contributed by atoms with Gasteiger partial charge in [-0.15, -0.1) is 0 Å². The Morgan fingerprint density at radius 3 is 2.78 bits per heavy atom. The predicted molar refractivity (Wildman–Crippen MR) is 66.1 cm³/mol. The highest BCUT2D eigenvalue weighted by molar-refractivity contribution is 5.91. The van der Waals surface area contributed by atoms with Gasteiger partial charge in [0.25, 0.3) is 5.91 Å². The lowest BCUT2D eigenvalue weighted by Gasteiger charge is -2.11. The Morgan fingerprint density at radius 1 is 1.33 bits per heavy atom. The standard InChI is InChI=1S/C13H18N2O3/c16-12(15-10-4-1-2-5-10)7-8-14-13(17)11-6-3-9-18-11/h3,6,9-10H,1-2,4-5,7-8H2,(H,14,17)(H,15,16). The molecule has 0 aromatic carbocycles. The Balaban J connectivity index is 1.62. The monoisotopic (exact) mass is 250 g/mol. The van der Waals surface area contributed by atoms with E-state index >= 15 is 0 Å². The van der Waals surface area contributed by atoms with Crippen LogP contribution in [0.25, 0.3) is 0 Å². The van der Waals surface area contributed by atoms with Crippen molar-refractivity contribution in [3.63, 3.8) is 0 Å². The summed E-state index contributed by atoms with van der Waals surface area (Å²) in [6.07, 6.45) is 6.29. The lowest BCUT2D eigenvalue weighted by atomic mass is 10.2. The molecule has 0 bridgehead atoms. The summed E-state index contributed by atoms with van der Waals surface area (Å²) < 4.78 is 4.95. The first kappa shape index (κ1) is 12.7. The minimum Gasteiger partial charge on any atom is -0.459 e. The Morgan fingerprint density at radius 2 is 2.11 bits per heavy atom. The van der Waals surface area contributed by atoms with Crippen LogP contribution in [0, 0.1) is 0 Å². The molecule has 2 N–H and O–H groups in total. The number of hydrogen-bond donors (Lipinski definition) is 2. The molecule has 0 saturated heterocycles. The molecule has 0 unspecified atom stereocenters. The van der Waals surface area contributed by atoms with Gasteiger partial charge in [-0.25, -0.2) is 0 Å². The number of amides is 2. The van der Waals surface area contributed by atoms with E-state index in [0.717, 1.165) is 12.8 Å². The fraction of sp³-hybridized carbons (Fsp3) is 0.538. The van der Waals surface area contributed by atoms with Crippen LogP contribution in [0.3, 0.4) is 0 Å². The van der Waals surface area contributed by atoms with Crippen molar-refractivity contribution in [3.05, 3.63) is 24.2 Å². The summed E-state index contributed by atoms with van der Waals surface area (Å²) >= 11 is 0. The molecule has 1 saturated carbocycles. The highest BCUT2D eigenvalue weighted by Crippen LogP contribution is 2.17. The van der Waals surface area contributed by atoms with Crippen LogP contribution in [0.4, 0.5) is 0 Å². The predicted octanol–water partition coefficient (Wildman–Crippen LogP) is 1.46. The number of carbonyl (C=O) groups is 2. The molecule has 0 spiro atoms. The van der Waals surface area contributed by atoms with Crippen molar-refractivity contribution in [2.24, 2.45) is 0 Å². The molecule has 5 nitrogen and oxygen atoms in total. The number of nitrogens with one attached hydrogen (secondary N) is 2. The van der Waals surface area contributed by atoms with E-state index in [1.54, 1.807) is 12.1 Å². The van der Waals surface area contributed by atoms with Gasteiger partial charge in [-0.05, 0) is 25.0 Å². The molecule has 2 amide bonds. The zero-order valence-corrected chi connectivity index (χ0v) is 10.3. The number of rotatable bonds is 5. The maximum absolute atomic E-state index is 11.6. The normalized spacial score (nSPS) is 15.6. The van der Waals surface area contributed by atoms with E-state index in [4.69, 9.17) is 4.42 Å². The molecule has 1 aliphatic rings. The van der Waals surface area contributed by atoms with E-state index < -0.39 is 0 Å². The third-order valence-corrected chi connectivity index (χ3v) is 3.10. The van der Waals surface area contributed by atoms with Crippen LogP contribution in [0.15, 0.2) is 22.8 Å². The fourth-order valence-corrected chi connectivity index (χ4v) is 2.15. The van der Waals surface area contributed by atoms with E-state index in [0.29, 0.717) is 19.0 Å². The summed E-state index contributed by atoms with van der Waals surface area (Å²) in [4.78, 5) is 23.1. The Bertz CT molecular complexity index is 394. The average molecular weight is 250 g/mol. The van der Waals surface area contributed by atoms with Gasteiger partial charge in [0.2, 0.25) is 5.91 Å². The van der Waals surface area contributed by atoms with Crippen LogP contribution >= 0.6 is 0 Å². The van der Waals surface area contributed by atoms with Crippen molar-refractivity contribution < 1.29 is 14.0 Å². The number of furan rings is 1. The average Bonchev–Trinajstić information content (AvgIpc) is 3.00. The van der Waals surface area contributed by atoms with E-state index in [1.165, 1.54) is 19.1 Å². The molecule has 5 heteroatoms. The van der Waals surface area contributed by atoms with Gasteiger partial charge in [0.15, 0.2) is 5.76 Å². The molecular weight excluding hydrogens is 232 g/mol. The van der Waals surface area contributed by atoms with Crippen LogP contribution in [0.2, 0.25) is 0 Å². The molecule has 1 fully saturated rings. The third kappa shape index (κ3) is 3.61. The van der Waals surface area contributed by atoms with Crippen LogP contribution in [-0.4, -0.2) is 24.4 Å². The first-order valence-electron chi connectivity index (χ1n) is 6.37. The molecule has 2 rings (SSSR count). The lowest BCUT2D eigenvalue weighted by Crippen LogP contribution is -2.35. The molecule has 0 radical (unpaired) electrons. The second-order valence-corrected chi connectivity index (χ2v) is 4.53. The number of hydrogen-bond acceptors (Lipinski definition) is 3. The van der Waals surface area contributed by atoms with Crippen LogP contribution < -0.4 is 10.6 Å². The molecule has 98 valence electrons. The molecular formula is C13H18N2O3. The van der Waals surface area contributed by atoms with Gasteiger partial charge in [0, 0.05) is 19.0 Å². The van der Waals surface area contributed by atoms with Gasteiger partial charge in [-0.3, -0.25) is 9.59 Å². The quantitative estimate of drug-likeness (QED) is 0.831. The van der Waals surface area contributed by atoms with Gasteiger partial charge in [0.1, 0.15) is 0 Å². The minimum absolute atomic E-state index is 0.00152. The fourth-order valence-electron chi connectivity index (χ4n) is 2.15. The maximum atomic E-state index is 11.6. The van der Waals surface area contributed by atoms with E-state index in [2.05, 4.69) is 10.6 Å². The largest absolute Gasteiger partial charge is 0.459 e. The molecule has 1 heterocycles. The highest BCUT2D eigenvalue weighted by atomic mass is 16.3. The topological polar surface area (TPSA) is 71.3 Å². The summed E-state index contributed by atoms with van der Waals surface area (Å²) in [5.41, 5.74) is 0. The Labute approximate surface area is 106 Å². The molecule has 0 aliphatic heterocycles. The molecule has 1 aromatic rings. The van der Waals surface area contributed by atoms with Gasteiger partial charge in [0.05, 0.1) is 6.26 Å². The molecule has 0 atom stereocenters. The lowest BCUT2D eigenvalue weighted by molar-refractivity contribution is -0.121. The number of carbonyl (C=O) groups excluding carboxylic acids is 2. The van der Waals surface area contributed by atoms with Crippen molar-refractivity contribution in [2.75, 3.05) is 6.54 Å². The Hall–Kier alpha value is -1.78. The molecule has 1 aliphatic carbocycles. The van der Waals surface area contributed by atoms with Crippen LogP contribution in [0.1, 0.15) is 42.7 Å². The first-order chi connectivity index (χ1) is 8.75. The summed E-state index contributed by atoms with van der Waals surface area (Å²) in [6, 6.07) is 3.58. The van der Waals surface area contributed by atoms with Crippen molar-refractivity contribution >= 4 is 11.8 Å². The summed E-state index contributed by atoms with van der Waals surface area (Å²) in [6.45, 7) is 0.331. The molecule has 18 heavy (non-hydrogen) atoms. The Kier molecular flexibility index (Phi) is 4.39. The van der Waals surface area contributed by atoms with Gasteiger partial charge in [-0.1, -0.05) is 12.8 Å². The van der Waals surface area contributed by atoms with Crippen LogP contribution in [0.5, 0.6) is 0 Å². The van der Waals surface area contributed by atoms with E-state index in [9.17, 15) is 9.59 Å². The van der Waals surface area contributed by atoms with Crippen molar-refractivity contribution in [1.82, 2.24) is 10.6 Å². The first-order valence-corrected chi connectivity index (χ1v) is 6.37. The van der Waals surface area contributed by atoms with Crippen molar-refractivity contribution in [2.45, 2.75) is 38.1 Å². The highest BCUT2D eigenvalue weighted by Gasteiger charge is 2.17. The van der Waals surface area contributed by atoms with Crippen molar-refractivity contribution in [3.8, 4) is 0 Å². The molecule has 1 aromatic heterocycles. The second kappa shape index (κ2) is 6.23. The van der Waals surface area contributed by atoms with Gasteiger partial charge >= 0.3 is 0 Å². The van der Waals surface area contributed by atoms with Crippen molar-refractivity contribution in [1.29, 1.82) is 0 Å². The van der Waals surface area contributed by atoms with Crippen LogP contribution in [-0.2, 0) is 4.79 Å². The zero-order valence-electron chi connectivity index (χ0n) is 10.3. The second-order valence-electron chi connectivity index (χ2n) is 4.53. The third-order valence-electron chi connectivity index (χ3n) is 3.10. The van der Waals surface area contributed by atoms with E-state index in [1.807, 2.05) is 0 Å². The van der Waals surface area contributed by atoms with Gasteiger partial charge in [-0.2, -0.15) is 0 Å². The summed E-state index contributed by atoms with van der Waals surface area (Å²) in [5.74, 6) is -0.0125. The maximum Gasteiger partial charge on any atom is 0.286 e. The smallest absolute Gasteiger partial charge is 0.286 e. The van der Waals surface area contributed by atoms with E-state index in [-0.39, 0.29) is 17.6 Å². The summed E-state index contributed by atoms with van der Waals surface area (Å²) in [7, 11) is 0. The SMILES string of the molecule is O=C(CCNC(=O)c1ccco1)NC1CCCC1. The zero-order chi connectivity index (χ0) is 12.8. The summed E-state index contributed by atoms with van der Waals surface area (Å²) in [5, 5.41) is 5.62.